The molecule has 0 aliphatic carbocycles. The molecular formula is C122H112N4. The molecule has 0 bridgehead atoms. The van der Waals surface area contributed by atoms with Gasteiger partial charge in [0.15, 0.2) is 0 Å². The average molecular weight is 1630 g/mol. The summed E-state index contributed by atoms with van der Waals surface area (Å²) in [5.41, 5.74) is 38.8. The lowest BCUT2D eigenvalue weighted by molar-refractivity contribution is 0.590. The van der Waals surface area contributed by atoms with Crippen molar-refractivity contribution in [3.05, 3.63) is 457 Å². The third-order valence-electron chi connectivity index (χ3n) is 25.0. The first kappa shape index (κ1) is 83.9. The number of nitrogens with zero attached hydrogens (tertiary/aromatic N) is 4. The van der Waals surface area contributed by atoms with E-state index in [4.69, 9.17) is 0 Å². The highest BCUT2D eigenvalue weighted by molar-refractivity contribution is 5.93. The van der Waals surface area contributed by atoms with Crippen molar-refractivity contribution in [3.8, 4) is 66.8 Å². The maximum atomic E-state index is 2.37. The van der Waals surface area contributed by atoms with Crippen LogP contribution in [0.3, 0.4) is 0 Å². The molecule has 18 rings (SSSR count). The molecule has 620 valence electrons. The second kappa shape index (κ2) is 36.2. The molecule has 0 unspecified atom stereocenters. The van der Waals surface area contributed by atoms with Crippen molar-refractivity contribution in [2.75, 3.05) is 19.6 Å². The second-order valence-electron chi connectivity index (χ2n) is 36.5. The summed E-state index contributed by atoms with van der Waals surface area (Å²) in [6, 6.07) is 152. The molecule has 0 saturated heterocycles. The molecule has 0 N–H and O–H groups in total. The number of hydrogen-bond acceptors (Lipinski definition) is 4. The molecule has 0 aliphatic heterocycles. The van der Waals surface area contributed by atoms with Gasteiger partial charge in [0, 0.05) is 68.2 Å². The van der Waals surface area contributed by atoms with Crippen molar-refractivity contribution >= 4 is 89.8 Å². The molecule has 18 aromatic rings. The van der Waals surface area contributed by atoms with Crippen LogP contribution in [-0.2, 0) is 10.8 Å². The Morgan fingerprint density at radius 3 is 0.603 bits per heavy atom. The van der Waals surface area contributed by atoms with Crippen LogP contribution in [-0.4, -0.2) is 0 Å². The van der Waals surface area contributed by atoms with E-state index in [0.717, 1.165) is 68.2 Å². The Balaban J connectivity index is 0.000000178. The zero-order chi connectivity index (χ0) is 87.3. The predicted octanol–water partition coefficient (Wildman–Crippen LogP) is 35.6. The summed E-state index contributed by atoms with van der Waals surface area (Å²) in [7, 11) is 0. The quantitative estimate of drug-likeness (QED) is 0.0754. The summed E-state index contributed by atoms with van der Waals surface area (Å²) < 4.78 is 0. The van der Waals surface area contributed by atoms with Crippen molar-refractivity contribution in [3.63, 3.8) is 0 Å². The van der Waals surface area contributed by atoms with E-state index in [0.29, 0.717) is 11.8 Å². The van der Waals surface area contributed by atoms with Crippen LogP contribution in [0, 0.1) is 27.7 Å². The number of benzene rings is 18. The molecule has 0 saturated carbocycles. The first-order valence-corrected chi connectivity index (χ1v) is 44.5. The molecule has 0 spiro atoms. The lowest BCUT2D eigenvalue weighted by atomic mass is 9.87. The summed E-state index contributed by atoms with van der Waals surface area (Å²) in [4.78, 5) is 9.45. The van der Waals surface area contributed by atoms with E-state index in [1.54, 1.807) is 0 Å². The van der Waals surface area contributed by atoms with Gasteiger partial charge in [-0.25, -0.2) is 0 Å². The summed E-state index contributed by atoms with van der Waals surface area (Å²) >= 11 is 0. The topological polar surface area (TPSA) is 13.0 Å². The van der Waals surface area contributed by atoms with Gasteiger partial charge in [-0.05, 0) is 329 Å². The number of hydrogen-bond donors (Lipinski definition) is 0. The summed E-state index contributed by atoms with van der Waals surface area (Å²) in [6.07, 6.45) is 0. The van der Waals surface area contributed by atoms with E-state index in [1.807, 2.05) is 0 Å². The molecule has 0 aromatic heterocycles. The van der Waals surface area contributed by atoms with Crippen LogP contribution in [0.5, 0.6) is 0 Å². The molecule has 18 aromatic carbocycles. The molecular weight excluding hydrogens is 1520 g/mol. The van der Waals surface area contributed by atoms with Crippen LogP contribution in [0.15, 0.2) is 413 Å². The normalized spacial score (nSPS) is 11.6. The fraction of sp³-hybridized carbons (Fsp3) is 0.148. The van der Waals surface area contributed by atoms with Crippen LogP contribution in [0.4, 0.5) is 68.2 Å². The predicted molar refractivity (Wildman–Crippen MR) is 544 cm³/mol. The van der Waals surface area contributed by atoms with Gasteiger partial charge in [-0.15, -0.1) is 0 Å². The number of rotatable bonds is 20. The molecule has 0 heterocycles. The van der Waals surface area contributed by atoms with Crippen LogP contribution in [0.25, 0.3) is 88.3 Å². The molecule has 0 fully saturated rings. The van der Waals surface area contributed by atoms with E-state index in [1.165, 1.54) is 133 Å². The highest BCUT2D eigenvalue weighted by Gasteiger charge is 2.24. The molecule has 4 heteroatoms. The highest BCUT2D eigenvalue weighted by Crippen LogP contribution is 2.46. The van der Waals surface area contributed by atoms with E-state index >= 15 is 0 Å². The maximum Gasteiger partial charge on any atom is 0.0468 e. The zero-order valence-corrected chi connectivity index (χ0v) is 75.2. The molecule has 0 amide bonds. The van der Waals surface area contributed by atoms with E-state index < -0.39 is 0 Å². The Morgan fingerprint density at radius 2 is 0.365 bits per heavy atom. The Kier molecular flexibility index (Phi) is 24.1. The minimum Gasteiger partial charge on any atom is -0.311 e. The number of anilines is 12. The van der Waals surface area contributed by atoms with E-state index in [2.05, 4.69) is 529 Å². The van der Waals surface area contributed by atoms with E-state index in [9.17, 15) is 0 Å². The third kappa shape index (κ3) is 18.4. The lowest BCUT2D eigenvalue weighted by Crippen LogP contribution is -2.13. The van der Waals surface area contributed by atoms with Gasteiger partial charge in [0.2, 0.25) is 0 Å². The fourth-order valence-electron chi connectivity index (χ4n) is 17.6. The van der Waals surface area contributed by atoms with Crippen LogP contribution < -0.4 is 19.6 Å². The van der Waals surface area contributed by atoms with Gasteiger partial charge in [0.05, 0.1) is 0 Å². The minimum absolute atomic E-state index is 0.0853. The van der Waals surface area contributed by atoms with Gasteiger partial charge in [-0.3, -0.25) is 0 Å². The Hall–Kier alpha value is -14.3. The first-order chi connectivity index (χ1) is 61.0. The Bertz CT molecular complexity index is 6360. The molecule has 0 aliphatic rings. The SMILES string of the molecule is Cc1cc(-c2ccc(N(c3ccc(-c4ccccc4)cc3)c3ccc(C(C)C)cc3)cc2)c(C)cc1-c1ccc(N(c2ccc(-c3ccccc3)cc2)c2ccc(C(C)C)cc2)cc1.Cc1cc(-c2ccc(N(c3ccc(C(C)(C)C)cc3)c3ccc4ccccc4c3)cc2)c(C)cc1-c1ccc(N(c2ccc(C(C)(C)C)cc2)c2ccc3ccccc3c2)cc1. The Labute approximate surface area is 747 Å². The van der Waals surface area contributed by atoms with Gasteiger partial charge >= 0.3 is 0 Å². The first-order valence-electron chi connectivity index (χ1n) is 44.5. The summed E-state index contributed by atoms with van der Waals surface area (Å²) in [5.74, 6) is 0.948. The number of fused-ring (bicyclic) bond motifs is 2. The maximum absolute atomic E-state index is 2.37. The zero-order valence-electron chi connectivity index (χ0n) is 75.2. The van der Waals surface area contributed by atoms with E-state index in [-0.39, 0.29) is 10.8 Å². The minimum atomic E-state index is 0.0853. The standard InChI is InChI=1S/C62H56N2.C60H56N2/c1-43(2)47-17-29-55(30-18-47)63(57-33-21-51(22-34-57)49-13-9-7-10-14-49)59-37-25-53(26-38-59)61-41-46(6)62(42-45(61)5)54-27-39-60(40-28-54)64(56-31-19-48(20-32-56)44(3)4)58-35-23-52(24-36-58)50-15-11-8-12-16-50;1-41-37-58(46-21-29-52(30-22-46)62(54-35-25-50(26-36-54)60(6,7)8)56-32-18-44-14-10-12-16-48(44)40-56)42(2)38-57(41)45-19-27-51(28-20-45)61(53-33-23-49(24-34-53)59(3,4)5)55-31-17-43-13-9-11-15-47(43)39-55/h7-44H,1-6H3;9-40H,1-8H3. The van der Waals surface area contributed by atoms with Crippen LogP contribution >= 0.6 is 0 Å². The van der Waals surface area contributed by atoms with Gasteiger partial charge in [0.25, 0.3) is 0 Å². The van der Waals surface area contributed by atoms with Crippen LogP contribution in [0.1, 0.15) is 126 Å². The smallest absolute Gasteiger partial charge is 0.0468 e. The van der Waals surface area contributed by atoms with Crippen molar-refractivity contribution in [1.29, 1.82) is 0 Å². The fourth-order valence-corrected chi connectivity index (χ4v) is 17.6. The van der Waals surface area contributed by atoms with Crippen molar-refractivity contribution in [1.82, 2.24) is 0 Å². The van der Waals surface area contributed by atoms with Gasteiger partial charge in [-0.1, -0.05) is 336 Å². The van der Waals surface area contributed by atoms with Gasteiger partial charge in [0.1, 0.15) is 0 Å². The highest BCUT2D eigenvalue weighted by atomic mass is 15.2. The molecule has 4 nitrogen and oxygen atoms in total. The third-order valence-corrected chi connectivity index (χ3v) is 25.0. The lowest BCUT2D eigenvalue weighted by Gasteiger charge is -2.27. The van der Waals surface area contributed by atoms with Crippen molar-refractivity contribution in [2.24, 2.45) is 0 Å². The summed E-state index contributed by atoms with van der Waals surface area (Å²) in [6.45, 7) is 31.5. The monoisotopic (exact) mass is 1630 g/mol. The largest absolute Gasteiger partial charge is 0.311 e. The molecule has 0 atom stereocenters. The van der Waals surface area contributed by atoms with Crippen molar-refractivity contribution in [2.45, 2.75) is 120 Å². The van der Waals surface area contributed by atoms with Gasteiger partial charge < -0.3 is 19.6 Å². The second-order valence-corrected chi connectivity index (χ2v) is 36.5. The molecule has 126 heavy (non-hydrogen) atoms. The summed E-state index contributed by atoms with van der Waals surface area (Å²) in [5, 5.41) is 4.94. The molecule has 0 radical (unpaired) electrons. The van der Waals surface area contributed by atoms with Gasteiger partial charge in [-0.2, -0.15) is 0 Å². The van der Waals surface area contributed by atoms with Crippen molar-refractivity contribution < 1.29 is 0 Å². The average Bonchev–Trinajstić information content (AvgIpc) is 0.612. The van der Waals surface area contributed by atoms with Crippen LogP contribution in [0.2, 0.25) is 0 Å². The number of aryl methyl sites for hydroxylation is 4. The Morgan fingerprint density at radius 1 is 0.175 bits per heavy atom.